The zero-order valence-electron chi connectivity index (χ0n) is 10.1. The van der Waals surface area contributed by atoms with Crippen molar-refractivity contribution in [2.24, 2.45) is 5.14 Å². The van der Waals surface area contributed by atoms with Gasteiger partial charge in [-0.3, -0.25) is 0 Å². The van der Waals surface area contributed by atoms with Gasteiger partial charge in [0, 0.05) is 11.1 Å². The second kappa shape index (κ2) is 5.69. The van der Waals surface area contributed by atoms with E-state index in [4.69, 9.17) is 5.14 Å². The number of rotatable bonds is 2. The molecule has 19 heavy (non-hydrogen) atoms. The molecule has 0 atom stereocenters. The van der Waals surface area contributed by atoms with E-state index in [1.807, 2.05) is 0 Å². The molecule has 0 aliphatic carbocycles. The van der Waals surface area contributed by atoms with E-state index < -0.39 is 15.8 Å². The second-order valence-corrected chi connectivity index (χ2v) is 5.50. The number of aryl methyl sites for hydroxylation is 1. The zero-order chi connectivity index (χ0) is 13.3. The highest BCUT2D eigenvalue weighted by molar-refractivity contribution is 7.89. The summed E-state index contributed by atoms with van der Waals surface area (Å²) in [7, 11) is -3.89. The van der Waals surface area contributed by atoms with Crippen molar-refractivity contribution in [2.45, 2.75) is 11.8 Å². The Morgan fingerprint density at radius 2 is 1.68 bits per heavy atom. The molecule has 0 amide bonds. The number of benzene rings is 2. The molecular weight excluding hydrogens is 289 g/mol. The van der Waals surface area contributed by atoms with E-state index in [-0.39, 0.29) is 22.9 Å². The fraction of sp³-hybridized carbons (Fsp3) is 0.0769. The third-order valence-corrected chi connectivity index (χ3v) is 3.64. The van der Waals surface area contributed by atoms with Crippen molar-refractivity contribution >= 4 is 22.4 Å². The lowest BCUT2D eigenvalue weighted by atomic mass is 10.0. The zero-order valence-corrected chi connectivity index (χ0v) is 11.8. The molecule has 2 aromatic carbocycles. The molecule has 2 rings (SSSR count). The van der Waals surface area contributed by atoms with Crippen molar-refractivity contribution in [3.05, 3.63) is 53.8 Å². The molecule has 0 saturated heterocycles. The Hall–Kier alpha value is -1.43. The average Bonchev–Trinajstić information content (AvgIpc) is 2.29. The number of hydrogen-bond donors (Lipinski definition) is 1. The van der Waals surface area contributed by atoms with Crippen LogP contribution in [0.15, 0.2) is 47.4 Å². The van der Waals surface area contributed by atoms with Gasteiger partial charge >= 0.3 is 0 Å². The first-order valence-electron chi connectivity index (χ1n) is 5.28. The smallest absolute Gasteiger partial charge is 0.225 e. The summed E-state index contributed by atoms with van der Waals surface area (Å²) in [4.78, 5) is -0.0624. The predicted octanol–water partition coefficient (Wildman–Crippen LogP) is 2.87. The van der Waals surface area contributed by atoms with Crippen LogP contribution in [-0.2, 0) is 10.0 Å². The summed E-state index contributed by atoms with van der Waals surface area (Å²) < 4.78 is 36.9. The van der Waals surface area contributed by atoms with E-state index in [9.17, 15) is 12.8 Å². The van der Waals surface area contributed by atoms with Gasteiger partial charge < -0.3 is 0 Å². The van der Waals surface area contributed by atoms with E-state index in [1.165, 1.54) is 18.2 Å². The molecule has 0 heterocycles. The minimum Gasteiger partial charge on any atom is -0.225 e. The second-order valence-electron chi connectivity index (χ2n) is 3.97. The van der Waals surface area contributed by atoms with Crippen LogP contribution in [0.1, 0.15) is 5.56 Å². The minimum absolute atomic E-state index is 0. The topological polar surface area (TPSA) is 60.2 Å². The molecule has 0 aliphatic heterocycles. The summed E-state index contributed by atoms with van der Waals surface area (Å²) in [5.41, 5.74) is 1.21. The van der Waals surface area contributed by atoms with Crippen molar-refractivity contribution in [1.82, 2.24) is 0 Å². The summed E-state index contributed by atoms with van der Waals surface area (Å²) in [6, 6.07) is 10.7. The van der Waals surface area contributed by atoms with Crippen LogP contribution in [0.2, 0.25) is 0 Å². The molecule has 0 unspecified atom stereocenters. The SMILES string of the molecule is Cc1cccc(S(N)(=O)=O)c1-c1ccccc1F.Cl. The van der Waals surface area contributed by atoms with Crippen LogP contribution in [-0.4, -0.2) is 8.42 Å². The van der Waals surface area contributed by atoms with Crippen molar-refractivity contribution in [1.29, 1.82) is 0 Å². The van der Waals surface area contributed by atoms with Gasteiger partial charge in [0.05, 0.1) is 4.90 Å². The van der Waals surface area contributed by atoms with Crippen LogP contribution >= 0.6 is 12.4 Å². The minimum atomic E-state index is -3.89. The molecule has 2 aromatic rings. The monoisotopic (exact) mass is 301 g/mol. The van der Waals surface area contributed by atoms with Crippen molar-refractivity contribution in [3.63, 3.8) is 0 Å². The lowest BCUT2D eigenvalue weighted by Crippen LogP contribution is -2.14. The quantitative estimate of drug-likeness (QED) is 0.927. The fourth-order valence-corrected chi connectivity index (χ4v) is 2.71. The van der Waals surface area contributed by atoms with Crippen molar-refractivity contribution in [3.8, 4) is 11.1 Å². The molecule has 3 nitrogen and oxygen atoms in total. The first kappa shape index (κ1) is 15.6. The standard InChI is InChI=1S/C13H12FNO2S.ClH/c1-9-5-4-8-12(18(15,16)17)13(9)10-6-2-3-7-11(10)14;/h2-8H,1H3,(H2,15,16,17);1H. The van der Waals surface area contributed by atoms with E-state index in [0.29, 0.717) is 11.1 Å². The van der Waals surface area contributed by atoms with Gasteiger partial charge in [0.2, 0.25) is 10.0 Å². The number of sulfonamides is 1. The van der Waals surface area contributed by atoms with Crippen LogP contribution in [0.3, 0.4) is 0 Å². The Balaban J connectivity index is 0.00000180. The molecule has 2 N–H and O–H groups in total. The Labute approximate surface area is 117 Å². The Morgan fingerprint density at radius 1 is 1.05 bits per heavy atom. The number of primary sulfonamides is 1. The molecule has 0 spiro atoms. The average molecular weight is 302 g/mol. The third kappa shape index (κ3) is 3.12. The maximum Gasteiger partial charge on any atom is 0.238 e. The van der Waals surface area contributed by atoms with Crippen molar-refractivity contribution in [2.75, 3.05) is 0 Å². The van der Waals surface area contributed by atoms with Gasteiger partial charge in [-0.15, -0.1) is 12.4 Å². The number of nitrogens with two attached hydrogens (primary N) is 1. The summed E-state index contributed by atoms with van der Waals surface area (Å²) >= 11 is 0. The van der Waals surface area contributed by atoms with Gasteiger partial charge in [-0.2, -0.15) is 0 Å². The molecule has 0 saturated carbocycles. The molecule has 0 aliphatic rings. The summed E-state index contributed by atoms with van der Waals surface area (Å²) in [6.45, 7) is 1.72. The van der Waals surface area contributed by atoms with Crippen LogP contribution in [0.25, 0.3) is 11.1 Å². The first-order valence-corrected chi connectivity index (χ1v) is 6.83. The van der Waals surface area contributed by atoms with Crippen LogP contribution in [0, 0.1) is 12.7 Å². The van der Waals surface area contributed by atoms with Crippen LogP contribution in [0.4, 0.5) is 4.39 Å². The summed E-state index contributed by atoms with van der Waals surface area (Å²) in [6.07, 6.45) is 0. The first-order chi connectivity index (χ1) is 8.41. The molecule has 0 fully saturated rings. The van der Waals surface area contributed by atoms with Crippen molar-refractivity contribution < 1.29 is 12.8 Å². The van der Waals surface area contributed by atoms with Crippen LogP contribution < -0.4 is 5.14 Å². The van der Waals surface area contributed by atoms with E-state index >= 15 is 0 Å². The highest BCUT2D eigenvalue weighted by atomic mass is 35.5. The van der Waals surface area contributed by atoms with Crippen LogP contribution in [0.5, 0.6) is 0 Å². The molecule has 0 bridgehead atoms. The van der Waals surface area contributed by atoms with Gasteiger partial charge in [-0.1, -0.05) is 30.3 Å². The Kier molecular flexibility index (Phi) is 4.68. The molecular formula is C13H13ClFNO2S. The number of halogens is 2. The molecule has 0 aromatic heterocycles. The fourth-order valence-electron chi connectivity index (χ4n) is 1.89. The molecule has 0 radical (unpaired) electrons. The largest absolute Gasteiger partial charge is 0.238 e. The summed E-state index contributed by atoms with van der Waals surface area (Å²) in [5.74, 6) is -0.475. The Bertz CT molecular complexity index is 702. The highest BCUT2D eigenvalue weighted by Crippen LogP contribution is 2.31. The van der Waals surface area contributed by atoms with Gasteiger partial charge in [0.15, 0.2) is 0 Å². The van der Waals surface area contributed by atoms with E-state index in [2.05, 4.69) is 0 Å². The van der Waals surface area contributed by atoms with E-state index in [0.717, 1.165) is 0 Å². The summed E-state index contributed by atoms with van der Waals surface area (Å²) in [5, 5.41) is 5.16. The predicted molar refractivity (Wildman–Crippen MR) is 75.2 cm³/mol. The maximum atomic E-state index is 13.8. The Morgan fingerprint density at radius 3 is 2.26 bits per heavy atom. The maximum absolute atomic E-state index is 13.8. The molecule has 102 valence electrons. The molecule has 6 heteroatoms. The van der Waals surface area contributed by atoms with Gasteiger partial charge in [0.1, 0.15) is 5.82 Å². The highest BCUT2D eigenvalue weighted by Gasteiger charge is 2.18. The van der Waals surface area contributed by atoms with Gasteiger partial charge in [-0.05, 0) is 24.6 Å². The lowest BCUT2D eigenvalue weighted by molar-refractivity contribution is 0.597. The third-order valence-electron chi connectivity index (χ3n) is 2.68. The normalized spacial score (nSPS) is 10.9. The van der Waals surface area contributed by atoms with E-state index in [1.54, 1.807) is 31.2 Å². The van der Waals surface area contributed by atoms with Gasteiger partial charge in [-0.25, -0.2) is 17.9 Å². The lowest BCUT2D eigenvalue weighted by Gasteiger charge is -2.11. The number of hydrogen-bond acceptors (Lipinski definition) is 2. The van der Waals surface area contributed by atoms with Gasteiger partial charge in [0.25, 0.3) is 0 Å².